The van der Waals surface area contributed by atoms with Crippen LogP contribution in [0.2, 0.25) is 5.02 Å². The monoisotopic (exact) mass is 387 g/mol. The van der Waals surface area contributed by atoms with Crippen LogP contribution in [0.25, 0.3) is 5.69 Å². The van der Waals surface area contributed by atoms with Crippen LogP contribution < -0.4 is 10.6 Å². The van der Waals surface area contributed by atoms with Crippen molar-refractivity contribution in [2.75, 3.05) is 13.1 Å². The van der Waals surface area contributed by atoms with E-state index >= 15 is 0 Å². The normalized spacial score (nSPS) is 18.5. The molecule has 2 aliphatic rings. The second kappa shape index (κ2) is 6.38. The molecule has 0 atom stereocenters. The molecule has 27 heavy (non-hydrogen) atoms. The van der Waals surface area contributed by atoms with E-state index in [4.69, 9.17) is 11.6 Å². The van der Waals surface area contributed by atoms with Gasteiger partial charge in [0.05, 0.1) is 23.1 Å². The molecule has 3 heterocycles. The number of hydrogen-bond acceptors (Lipinski definition) is 4. The van der Waals surface area contributed by atoms with Crippen LogP contribution in [0.5, 0.6) is 0 Å². The smallest absolute Gasteiger partial charge is 0.322 e. The first-order valence-electron chi connectivity index (χ1n) is 8.63. The standard InChI is InChI=1S/C18H18ClN5O3/c1-11-14(10-20-24(11)13-4-2-12(19)3-5-13)15(25)23-8-6-18(7-9-23)16(26)21-17(27)22-18/h2-5,10H,6-9H2,1H3,(H2,21,22,26,27). The second-order valence-corrected chi connectivity index (χ2v) is 7.25. The molecule has 2 saturated heterocycles. The van der Waals surface area contributed by atoms with Crippen molar-refractivity contribution in [3.63, 3.8) is 0 Å². The van der Waals surface area contributed by atoms with Crippen molar-refractivity contribution in [1.82, 2.24) is 25.3 Å². The molecule has 0 radical (unpaired) electrons. The van der Waals surface area contributed by atoms with Gasteiger partial charge in [0.25, 0.3) is 11.8 Å². The third-order valence-electron chi connectivity index (χ3n) is 5.23. The maximum absolute atomic E-state index is 12.9. The Morgan fingerprint density at radius 3 is 2.44 bits per heavy atom. The highest BCUT2D eigenvalue weighted by Gasteiger charge is 2.48. The van der Waals surface area contributed by atoms with Crippen LogP contribution in [0.1, 0.15) is 28.9 Å². The Morgan fingerprint density at radius 2 is 1.85 bits per heavy atom. The number of carbonyl (C=O) groups is 3. The minimum atomic E-state index is -0.892. The Morgan fingerprint density at radius 1 is 1.19 bits per heavy atom. The number of aromatic nitrogens is 2. The summed E-state index contributed by atoms with van der Waals surface area (Å²) < 4.78 is 1.69. The molecule has 140 valence electrons. The molecule has 1 spiro atoms. The zero-order valence-electron chi connectivity index (χ0n) is 14.7. The molecule has 2 aliphatic heterocycles. The Labute approximate surface area is 160 Å². The molecule has 0 unspecified atom stereocenters. The molecule has 0 bridgehead atoms. The number of urea groups is 1. The maximum Gasteiger partial charge on any atom is 0.322 e. The lowest BCUT2D eigenvalue weighted by atomic mass is 9.87. The molecule has 8 nitrogen and oxygen atoms in total. The van der Waals surface area contributed by atoms with Gasteiger partial charge >= 0.3 is 6.03 Å². The quantitative estimate of drug-likeness (QED) is 0.766. The van der Waals surface area contributed by atoms with Gasteiger partial charge in [-0.3, -0.25) is 14.9 Å². The van der Waals surface area contributed by atoms with Crippen LogP contribution in [0, 0.1) is 6.92 Å². The zero-order chi connectivity index (χ0) is 19.2. The van der Waals surface area contributed by atoms with Crippen LogP contribution in [-0.4, -0.2) is 51.2 Å². The number of amides is 4. The van der Waals surface area contributed by atoms with E-state index in [0.29, 0.717) is 36.5 Å². The lowest BCUT2D eigenvalue weighted by Gasteiger charge is -2.36. The largest absolute Gasteiger partial charge is 0.338 e. The molecule has 9 heteroatoms. The van der Waals surface area contributed by atoms with E-state index in [9.17, 15) is 14.4 Å². The van der Waals surface area contributed by atoms with Gasteiger partial charge in [-0.15, -0.1) is 0 Å². The van der Waals surface area contributed by atoms with Gasteiger partial charge in [0, 0.05) is 18.1 Å². The summed E-state index contributed by atoms with van der Waals surface area (Å²) in [6.45, 7) is 2.61. The van der Waals surface area contributed by atoms with Gasteiger partial charge in [-0.05, 0) is 44.0 Å². The van der Waals surface area contributed by atoms with Gasteiger partial charge < -0.3 is 10.2 Å². The fraction of sp³-hybridized carbons (Fsp3) is 0.333. The number of benzene rings is 1. The van der Waals surface area contributed by atoms with Crippen molar-refractivity contribution in [3.05, 3.63) is 46.7 Å². The van der Waals surface area contributed by atoms with E-state index < -0.39 is 11.6 Å². The third kappa shape index (κ3) is 2.95. The highest BCUT2D eigenvalue weighted by molar-refractivity contribution is 6.30. The predicted molar refractivity (Wildman–Crippen MR) is 97.9 cm³/mol. The Hall–Kier alpha value is -2.87. The van der Waals surface area contributed by atoms with Gasteiger partial charge in [-0.25, -0.2) is 9.48 Å². The highest BCUT2D eigenvalue weighted by Crippen LogP contribution is 2.27. The number of hydrogen-bond donors (Lipinski definition) is 2. The van der Waals surface area contributed by atoms with E-state index in [-0.39, 0.29) is 11.8 Å². The highest BCUT2D eigenvalue weighted by atomic mass is 35.5. The topological polar surface area (TPSA) is 96.3 Å². The van der Waals surface area contributed by atoms with Crippen LogP contribution in [0.15, 0.2) is 30.5 Å². The summed E-state index contributed by atoms with van der Waals surface area (Å²) in [4.78, 5) is 38.1. The van der Waals surface area contributed by atoms with Crippen LogP contribution in [0.3, 0.4) is 0 Å². The summed E-state index contributed by atoms with van der Waals surface area (Å²) in [6, 6.07) is 6.74. The number of piperidine rings is 1. The van der Waals surface area contributed by atoms with E-state index in [1.807, 2.05) is 19.1 Å². The maximum atomic E-state index is 12.9. The van der Waals surface area contributed by atoms with Crippen molar-refractivity contribution in [1.29, 1.82) is 0 Å². The molecular weight excluding hydrogens is 370 g/mol. The average Bonchev–Trinajstić information content (AvgIpc) is 3.15. The molecule has 1 aromatic heterocycles. The van der Waals surface area contributed by atoms with Gasteiger partial charge in [0.2, 0.25) is 0 Å². The van der Waals surface area contributed by atoms with Crippen molar-refractivity contribution >= 4 is 29.4 Å². The Kier molecular flexibility index (Phi) is 4.15. The number of likely N-dealkylation sites (tertiary alicyclic amines) is 1. The minimum absolute atomic E-state index is 0.132. The SMILES string of the molecule is Cc1c(C(=O)N2CCC3(CC2)NC(=O)NC3=O)cnn1-c1ccc(Cl)cc1. The molecule has 2 fully saturated rings. The van der Waals surface area contributed by atoms with Crippen LogP contribution in [0.4, 0.5) is 4.79 Å². The lowest BCUT2D eigenvalue weighted by molar-refractivity contribution is -0.125. The van der Waals surface area contributed by atoms with Gasteiger partial charge in [0.1, 0.15) is 5.54 Å². The number of nitrogens with one attached hydrogen (secondary N) is 2. The molecule has 2 aromatic rings. The fourth-order valence-electron chi connectivity index (χ4n) is 3.60. The Bertz CT molecular complexity index is 929. The Balaban J connectivity index is 1.50. The molecule has 0 saturated carbocycles. The third-order valence-corrected chi connectivity index (χ3v) is 5.48. The summed E-state index contributed by atoms with van der Waals surface area (Å²) >= 11 is 5.92. The van der Waals surface area contributed by atoms with Crippen LogP contribution in [-0.2, 0) is 4.79 Å². The van der Waals surface area contributed by atoms with Gasteiger partial charge in [-0.2, -0.15) is 5.10 Å². The van der Waals surface area contributed by atoms with Crippen LogP contribution >= 0.6 is 11.6 Å². The summed E-state index contributed by atoms with van der Waals surface area (Å²) in [5.74, 6) is -0.446. The molecule has 0 aliphatic carbocycles. The predicted octanol–water partition coefficient (Wildman–Crippen LogP) is 1.65. The van der Waals surface area contributed by atoms with Crippen molar-refractivity contribution in [2.45, 2.75) is 25.3 Å². The number of nitrogens with zero attached hydrogens (tertiary/aromatic N) is 3. The summed E-state index contributed by atoms with van der Waals surface area (Å²) in [7, 11) is 0. The number of imide groups is 1. The van der Waals surface area contributed by atoms with Crippen molar-refractivity contribution in [2.24, 2.45) is 0 Å². The molecule has 4 amide bonds. The summed E-state index contributed by atoms with van der Waals surface area (Å²) in [5.41, 5.74) is 1.17. The van der Waals surface area contributed by atoms with E-state index in [2.05, 4.69) is 15.7 Å². The van der Waals surface area contributed by atoms with E-state index in [1.54, 1.807) is 27.9 Å². The summed E-state index contributed by atoms with van der Waals surface area (Å²) in [6.07, 6.45) is 2.34. The first-order chi connectivity index (χ1) is 12.9. The van der Waals surface area contributed by atoms with Gasteiger partial charge in [-0.1, -0.05) is 11.6 Å². The summed E-state index contributed by atoms with van der Waals surface area (Å²) in [5, 5.41) is 9.93. The molecule has 4 rings (SSSR count). The number of carbonyl (C=O) groups excluding carboxylic acids is 3. The van der Waals surface area contributed by atoms with Crippen molar-refractivity contribution < 1.29 is 14.4 Å². The van der Waals surface area contributed by atoms with Crippen molar-refractivity contribution in [3.8, 4) is 5.69 Å². The zero-order valence-corrected chi connectivity index (χ0v) is 15.4. The van der Waals surface area contributed by atoms with Gasteiger partial charge in [0.15, 0.2) is 0 Å². The fourth-order valence-corrected chi connectivity index (χ4v) is 3.73. The average molecular weight is 388 g/mol. The first kappa shape index (κ1) is 17.5. The second-order valence-electron chi connectivity index (χ2n) is 6.81. The first-order valence-corrected chi connectivity index (χ1v) is 9.01. The molecular formula is C18H18ClN5O3. The number of rotatable bonds is 2. The van der Waals surface area contributed by atoms with E-state index in [1.165, 1.54) is 0 Å². The molecule has 2 N–H and O–H groups in total. The van der Waals surface area contributed by atoms with E-state index in [0.717, 1.165) is 11.4 Å². The number of halogens is 1. The lowest BCUT2D eigenvalue weighted by Crippen LogP contribution is -2.55. The minimum Gasteiger partial charge on any atom is -0.338 e. The molecule has 1 aromatic carbocycles.